The Hall–Kier alpha value is -0.770. The Morgan fingerprint density at radius 2 is 2.38 bits per heavy atom. The minimum absolute atomic E-state index is 0.297. The summed E-state index contributed by atoms with van der Waals surface area (Å²) in [6.45, 7) is 1.34. The van der Waals surface area contributed by atoms with Gasteiger partial charge in [-0.05, 0) is 6.92 Å². The molecule has 0 aliphatic carbocycles. The van der Waals surface area contributed by atoms with Gasteiger partial charge < -0.3 is 4.74 Å². The first kappa shape index (κ1) is 7.23. The number of ether oxygens (including phenoxy) is 1. The molecule has 0 unspecified atom stereocenters. The summed E-state index contributed by atoms with van der Waals surface area (Å²) < 4.78 is 4.33. The molecule has 0 rings (SSSR count). The molecule has 0 aromatic rings. The van der Waals surface area contributed by atoms with Crippen molar-refractivity contribution >= 4 is 6.09 Å². The summed E-state index contributed by atoms with van der Waals surface area (Å²) in [5.41, 5.74) is 0. The van der Waals surface area contributed by atoms with E-state index in [1.165, 1.54) is 0 Å². The van der Waals surface area contributed by atoms with Crippen molar-refractivity contribution < 1.29 is 14.6 Å². The van der Waals surface area contributed by atoms with E-state index in [0.29, 0.717) is 6.61 Å². The van der Waals surface area contributed by atoms with E-state index in [2.05, 4.69) is 4.74 Å². The van der Waals surface area contributed by atoms with Gasteiger partial charge in [0.05, 0.1) is 6.61 Å². The highest BCUT2D eigenvalue weighted by Crippen LogP contribution is 1.72. The third kappa shape index (κ3) is 3.42. The maximum atomic E-state index is 10.1. The normalized spacial score (nSPS) is 8.25. The predicted molar refractivity (Wildman–Crippen MR) is 25.7 cm³/mol. The zero-order valence-corrected chi connectivity index (χ0v) is 4.64. The second kappa shape index (κ2) is 4.39. The quantitative estimate of drug-likeness (QED) is 0.523. The lowest BCUT2D eigenvalue weighted by molar-refractivity contribution is 0.120. The molecule has 0 spiro atoms. The first-order valence-electron chi connectivity index (χ1n) is 2.30. The lowest BCUT2D eigenvalue weighted by atomic mass is 10.9. The zero-order chi connectivity index (χ0) is 6.41. The van der Waals surface area contributed by atoms with Crippen molar-refractivity contribution in [1.29, 1.82) is 0 Å². The van der Waals surface area contributed by atoms with Gasteiger partial charge in [-0.15, -0.1) is 0 Å². The molecule has 4 nitrogen and oxygen atoms in total. The number of carbonyl (C=O) groups excluding carboxylic acids is 1. The van der Waals surface area contributed by atoms with E-state index in [0.717, 1.165) is 0 Å². The van der Waals surface area contributed by atoms with E-state index in [-0.39, 0.29) is 0 Å². The molecular weight excluding hydrogens is 110 g/mol. The summed E-state index contributed by atoms with van der Waals surface area (Å²) in [4.78, 5) is 10.1. The molecule has 4 heteroatoms. The van der Waals surface area contributed by atoms with Crippen LogP contribution in [0.25, 0.3) is 0 Å². The van der Waals surface area contributed by atoms with Crippen LogP contribution in [0.2, 0.25) is 0 Å². The number of amides is 1. The standard InChI is InChI=1S/C4H8NO3/c1-2-8-4(7)5-3-6/h2-3H2,1H3,(H,5,7). The molecule has 1 radical (unpaired) electrons. The Morgan fingerprint density at radius 3 is 2.75 bits per heavy atom. The Labute approximate surface area is 47.5 Å². The predicted octanol–water partition coefficient (Wildman–Crippen LogP) is 0.120. The van der Waals surface area contributed by atoms with E-state index in [9.17, 15) is 9.90 Å². The molecule has 0 atom stereocenters. The van der Waals surface area contributed by atoms with Crippen molar-refractivity contribution in [2.75, 3.05) is 13.3 Å². The monoisotopic (exact) mass is 118 g/mol. The average molecular weight is 118 g/mol. The van der Waals surface area contributed by atoms with Gasteiger partial charge in [-0.3, -0.25) is 5.32 Å². The summed E-state index contributed by atoms with van der Waals surface area (Å²) >= 11 is 0. The van der Waals surface area contributed by atoms with E-state index in [4.69, 9.17) is 0 Å². The Morgan fingerprint density at radius 1 is 1.75 bits per heavy atom. The zero-order valence-electron chi connectivity index (χ0n) is 4.64. The molecule has 0 aromatic heterocycles. The first-order chi connectivity index (χ1) is 3.81. The van der Waals surface area contributed by atoms with Gasteiger partial charge in [0.1, 0.15) is 0 Å². The second-order valence-corrected chi connectivity index (χ2v) is 1.04. The summed E-state index contributed by atoms with van der Waals surface area (Å²) in [5.74, 6) is 0. The minimum atomic E-state index is -0.650. The lowest BCUT2D eigenvalue weighted by Gasteiger charge is -1.97. The summed E-state index contributed by atoms with van der Waals surface area (Å²) in [6.07, 6.45) is -0.650. The second-order valence-electron chi connectivity index (χ2n) is 1.04. The fourth-order valence-corrected chi connectivity index (χ4v) is 0.241. The third-order valence-electron chi connectivity index (χ3n) is 0.492. The highest BCUT2D eigenvalue weighted by Gasteiger charge is 1.94. The van der Waals surface area contributed by atoms with E-state index in [1.54, 1.807) is 6.92 Å². The molecule has 0 heterocycles. The number of hydrogen-bond donors (Lipinski definition) is 1. The Balaban J connectivity index is 3.06. The van der Waals surface area contributed by atoms with Gasteiger partial charge in [-0.2, -0.15) is 0 Å². The van der Waals surface area contributed by atoms with Crippen LogP contribution in [-0.2, 0) is 9.84 Å². The summed E-state index contributed by atoms with van der Waals surface area (Å²) in [5, 5.41) is 11.5. The molecule has 0 saturated heterocycles. The van der Waals surface area contributed by atoms with Crippen LogP contribution in [0.5, 0.6) is 0 Å². The highest BCUT2D eigenvalue weighted by molar-refractivity contribution is 5.66. The number of hydrogen-bond acceptors (Lipinski definition) is 2. The fraction of sp³-hybridized carbons (Fsp3) is 0.750. The van der Waals surface area contributed by atoms with Crippen LogP contribution < -0.4 is 5.32 Å². The lowest BCUT2D eigenvalue weighted by Crippen LogP contribution is -2.24. The van der Waals surface area contributed by atoms with Crippen molar-refractivity contribution in [3.05, 3.63) is 0 Å². The molecule has 8 heavy (non-hydrogen) atoms. The van der Waals surface area contributed by atoms with Gasteiger partial charge in [-0.25, -0.2) is 9.90 Å². The summed E-state index contributed by atoms with van der Waals surface area (Å²) in [6, 6.07) is 0. The average Bonchev–Trinajstić information content (AvgIpc) is 1.68. The molecule has 47 valence electrons. The maximum absolute atomic E-state index is 10.1. The minimum Gasteiger partial charge on any atom is -0.450 e. The number of rotatable bonds is 2. The van der Waals surface area contributed by atoms with Crippen molar-refractivity contribution in [1.82, 2.24) is 5.32 Å². The molecule has 0 bridgehead atoms. The van der Waals surface area contributed by atoms with Gasteiger partial charge >= 0.3 is 6.09 Å². The van der Waals surface area contributed by atoms with Crippen molar-refractivity contribution in [2.24, 2.45) is 0 Å². The van der Waals surface area contributed by atoms with E-state index >= 15 is 0 Å². The van der Waals surface area contributed by atoms with Gasteiger partial charge in [-0.1, -0.05) is 0 Å². The molecule has 1 N–H and O–H groups in total. The van der Waals surface area contributed by atoms with Crippen LogP contribution >= 0.6 is 0 Å². The smallest absolute Gasteiger partial charge is 0.409 e. The Kier molecular flexibility index (Phi) is 3.97. The number of alkyl carbamates (subject to hydrolysis) is 1. The van der Waals surface area contributed by atoms with Gasteiger partial charge in [0.2, 0.25) is 0 Å². The van der Waals surface area contributed by atoms with Crippen LogP contribution in [0.1, 0.15) is 6.92 Å². The van der Waals surface area contributed by atoms with Crippen molar-refractivity contribution in [3.8, 4) is 0 Å². The van der Waals surface area contributed by atoms with Crippen LogP contribution in [0.3, 0.4) is 0 Å². The van der Waals surface area contributed by atoms with E-state index < -0.39 is 12.8 Å². The van der Waals surface area contributed by atoms with Crippen LogP contribution in [0.4, 0.5) is 4.79 Å². The topological polar surface area (TPSA) is 58.2 Å². The van der Waals surface area contributed by atoms with Gasteiger partial charge in [0.15, 0.2) is 6.73 Å². The molecule has 0 aromatic carbocycles. The SMILES string of the molecule is CCOC(=O)NC[O]. The number of carbonyl (C=O) groups is 1. The highest BCUT2D eigenvalue weighted by atomic mass is 16.5. The largest absolute Gasteiger partial charge is 0.450 e. The molecule has 0 aliphatic heterocycles. The number of nitrogens with one attached hydrogen (secondary N) is 1. The first-order valence-corrected chi connectivity index (χ1v) is 2.30. The van der Waals surface area contributed by atoms with E-state index in [1.807, 2.05) is 5.32 Å². The van der Waals surface area contributed by atoms with Crippen LogP contribution in [0.15, 0.2) is 0 Å². The van der Waals surface area contributed by atoms with Crippen molar-refractivity contribution in [3.63, 3.8) is 0 Å². The third-order valence-corrected chi connectivity index (χ3v) is 0.492. The van der Waals surface area contributed by atoms with Crippen LogP contribution in [-0.4, -0.2) is 19.4 Å². The molecular formula is C4H8NO3. The Bertz CT molecular complexity index is 65.7. The molecule has 0 saturated carbocycles. The molecule has 0 aliphatic rings. The molecule has 0 fully saturated rings. The fourth-order valence-electron chi connectivity index (χ4n) is 0.241. The molecule has 1 amide bonds. The summed E-state index contributed by atoms with van der Waals surface area (Å²) in [7, 11) is 0. The van der Waals surface area contributed by atoms with Gasteiger partial charge in [0, 0.05) is 0 Å². The van der Waals surface area contributed by atoms with Gasteiger partial charge in [0.25, 0.3) is 0 Å². The maximum Gasteiger partial charge on any atom is 0.409 e. The van der Waals surface area contributed by atoms with Crippen molar-refractivity contribution in [2.45, 2.75) is 6.92 Å². The van der Waals surface area contributed by atoms with Crippen LogP contribution in [0, 0.1) is 0 Å².